The van der Waals surface area contributed by atoms with Gasteiger partial charge in [-0.25, -0.2) is 4.39 Å². The van der Waals surface area contributed by atoms with E-state index in [1.54, 1.807) is 6.07 Å². The fourth-order valence-corrected chi connectivity index (χ4v) is 2.00. The Morgan fingerprint density at radius 1 is 1.15 bits per heavy atom. The molecule has 0 atom stereocenters. The number of halogens is 1. The van der Waals surface area contributed by atoms with Crippen LogP contribution in [0.3, 0.4) is 0 Å². The molecule has 2 rings (SSSR count). The number of rotatable bonds is 2. The summed E-state index contributed by atoms with van der Waals surface area (Å²) in [7, 11) is 0.820. The van der Waals surface area contributed by atoms with Gasteiger partial charge in [-0.3, -0.25) is 4.79 Å². The summed E-state index contributed by atoms with van der Waals surface area (Å²) in [4.78, 5) is 11.6. The molecule has 1 aromatic carbocycles. The van der Waals surface area contributed by atoms with Crippen LogP contribution in [0.15, 0.2) is 18.2 Å². The van der Waals surface area contributed by atoms with Crippen molar-refractivity contribution >= 4 is 18.5 Å². The van der Waals surface area contributed by atoms with Gasteiger partial charge >= 0.3 is 7.12 Å². The van der Waals surface area contributed by atoms with Crippen molar-refractivity contribution in [2.24, 2.45) is 0 Å². The number of amides is 1. The minimum absolute atomic E-state index is 0.247. The lowest BCUT2D eigenvalue weighted by Crippen LogP contribution is -2.41. The Hall–Kier alpha value is -1.40. The molecule has 4 nitrogen and oxygen atoms in total. The second-order valence-electron chi connectivity index (χ2n) is 5.94. The zero-order valence-corrected chi connectivity index (χ0v) is 12.4. The van der Waals surface area contributed by atoms with E-state index in [0.717, 1.165) is 0 Å². The lowest BCUT2D eigenvalue weighted by molar-refractivity contribution is 0.00578. The predicted octanol–water partition coefficient (Wildman–Crippen LogP) is 1.48. The van der Waals surface area contributed by atoms with E-state index in [1.807, 2.05) is 27.7 Å². The van der Waals surface area contributed by atoms with E-state index in [0.29, 0.717) is 5.46 Å². The van der Waals surface area contributed by atoms with Crippen molar-refractivity contribution in [1.82, 2.24) is 5.32 Å². The average molecular weight is 279 g/mol. The number of hydrogen-bond donors (Lipinski definition) is 1. The highest BCUT2D eigenvalue weighted by Gasteiger charge is 2.51. The zero-order chi connectivity index (χ0) is 15.1. The molecule has 20 heavy (non-hydrogen) atoms. The van der Waals surface area contributed by atoms with Crippen molar-refractivity contribution < 1.29 is 18.5 Å². The number of carbonyl (C=O) groups excluding carboxylic acids is 1. The lowest BCUT2D eigenvalue weighted by Gasteiger charge is -2.32. The molecule has 0 radical (unpaired) electrons. The SMILES string of the molecule is CNC(=O)c1cc(F)cc(B2OC(C)(C)C(C)(C)O2)c1. The van der Waals surface area contributed by atoms with Crippen LogP contribution in [-0.4, -0.2) is 31.3 Å². The molecule has 0 spiro atoms. The van der Waals surface area contributed by atoms with Crippen LogP contribution in [0.1, 0.15) is 38.1 Å². The van der Waals surface area contributed by atoms with Gasteiger partial charge in [-0.15, -0.1) is 0 Å². The van der Waals surface area contributed by atoms with E-state index in [4.69, 9.17) is 9.31 Å². The van der Waals surface area contributed by atoms with Gasteiger partial charge in [0, 0.05) is 12.6 Å². The normalized spacial score (nSPS) is 20.0. The molecular formula is C14H19BFNO3. The Kier molecular flexibility index (Phi) is 3.65. The van der Waals surface area contributed by atoms with Crippen molar-refractivity contribution in [2.75, 3.05) is 7.05 Å². The standard InChI is InChI=1S/C14H19BFNO3/c1-13(2)14(3,4)20-15(19-13)10-6-9(12(18)17-5)7-11(16)8-10/h6-8H,1-5H3,(H,17,18). The molecule has 0 aromatic heterocycles. The lowest BCUT2D eigenvalue weighted by atomic mass is 9.78. The molecule has 0 saturated carbocycles. The monoisotopic (exact) mass is 279 g/mol. The van der Waals surface area contributed by atoms with Crippen molar-refractivity contribution in [3.63, 3.8) is 0 Å². The third kappa shape index (κ3) is 2.58. The van der Waals surface area contributed by atoms with Crippen molar-refractivity contribution in [3.05, 3.63) is 29.6 Å². The molecule has 1 aromatic rings. The van der Waals surface area contributed by atoms with Gasteiger partial charge in [-0.1, -0.05) is 0 Å². The molecule has 1 fully saturated rings. The van der Waals surface area contributed by atoms with Crippen LogP contribution in [-0.2, 0) is 9.31 Å². The van der Waals surface area contributed by atoms with Gasteiger partial charge in [-0.05, 0) is 51.4 Å². The Morgan fingerprint density at radius 2 is 1.70 bits per heavy atom. The summed E-state index contributed by atoms with van der Waals surface area (Å²) in [5, 5.41) is 2.47. The summed E-state index contributed by atoms with van der Waals surface area (Å²) >= 11 is 0. The largest absolute Gasteiger partial charge is 0.494 e. The fraction of sp³-hybridized carbons (Fsp3) is 0.500. The maximum atomic E-state index is 13.7. The quantitative estimate of drug-likeness (QED) is 0.834. The van der Waals surface area contributed by atoms with Gasteiger partial charge in [-0.2, -0.15) is 0 Å². The molecule has 0 unspecified atom stereocenters. The van der Waals surface area contributed by atoms with E-state index in [9.17, 15) is 9.18 Å². The van der Waals surface area contributed by atoms with Crippen LogP contribution < -0.4 is 10.8 Å². The van der Waals surface area contributed by atoms with Crippen LogP contribution in [0.4, 0.5) is 4.39 Å². The summed E-state index contributed by atoms with van der Waals surface area (Å²) in [6, 6.07) is 4.10. The molecule has 108 valence electrons. The second kappa shape index (κ2) is 4.86. The van der Waals surface area contributed by atoms with Crippen LogP contribution in [0.2, 0.25) is 0 Å². The van der Waals surface area contributed by atoms with Gasteiger partial charge in [0.15, 0.2) is 0 Å². The van der Waals surface area contributed by atoms with E-state index in [2.05, 4.69) is 5.32 Å². The second-order valence-corrected chi connectivity index (χ2v) is 5.94. The highest BCUT2D eigenvalue weighted by Crippen LogP contribution is 2.36. The highest BCUT2D eigenvalue weighted by atomic mass is 19.1. The minimum atomic E-state index is -0.681. The van der Waals surface area contributed by atoms with Crippen molar-refractivity contribution in [2.45, 2.75) is 38.9 Å². The zero-order valence-electron chi connectivity index (χ0n) is 12.4. The first-order valence-corrected chi connectivity index (χ1v) is 6.54. The van der Waals surface area contributed by atoms with Crippen LogP contribution >= 0.6 is 0 Å². The third-order valence-electron chi connectivity index (χ3n) is 3.93. The minimum Gasteiger partial charge on any atom is -0.399 e. The van der Waals surface area contributed by atoms with Gasteiger partial charge in [0.1, 0.15) is 5.82 Å². The maximum absolute atomic E-state index is 13.7. The first kappa shape index (κ1) is 15.0. The molecule has 6 heteroatoms. The Balaban J connectivity index is 2.35. The Morgan fingerprint density at radius 3 is 2.20 bits per heavy atom. The van der Waals surface area contributed by atoms with Crippen molar-refractivity contribution in [3.8, 4) is 0 Å². The first-order chi connectivity index (χ1) is 9.16. The maximum Gasteiger partial charge on any atom is 0.494 e. The highest BCUT2D eigenvalue weighted by molar-refractivity contribution is 6.62. The predicted molar refractivity (Wildman–Crippen MR) is 75.5 cm³/mol. The van der Waals surface area contributed by atoms with Gasteiger partial charge < -0.3 is 14.6 Å². The molecule has 1 amide bonds. The Bertz CT molecular complexity index is 529. The smallest absolute Gasteiger partial charge is 0.399 e. The molecule has 1 heterocycles. The fourth-order valence-electron chi connectivity index (χ4n) is 2.00. The number of carbonyl (C=O) groups is 1. The molecule has 1 N–H and O–H groups in total. The number of nitrogens with one attached hydrogen (secondary N) is 1. The summed E-state index contributed by atoms with van der Waals surface area (Å²) < 4.78 is 25.4. The van der Waals surface area contributed by atoms with E-state index >= 15 is 0 Å². The number of benzene rings is 1. The summed E-state index contributed by atoms with van der Waals surface area (Å²) in [5.74, 6) is -0.835. The van der Waals surface area contributed by atoms with E-state index < -0.39 is 24.1 Å². The molecule has 1 aliphatic heterocycles. The summed E-state index contributed by atoms with van der Waals surface area (Å²) in [5.41, 5.74) is -0.256. The van der Waals surface area contributed by atoms with Crippen molar-refractivity contribution in [1.29, 1.82) is 0 Å². The summed E-state index contributed by atoms with van der Waals surface area (Å²) in [6.07, 6.45) is 0. The van der Waals surface area contributed by atoms with Gasteiger partial charge in [0.05, 0.1) is 11.2 Å². The van der Waals surface area contributed by atoms with Gasteiger partial charge in [0.25, 0.3) is 5.91 Å². The average Bonchev–Trinajstić information content (AvgIpc) is 2.57. The van der Waals surface area contributed by atoms with E-state index in [1.165, 1.54) is 19.2 Å². The summed E-state index contributed by atoms with van der Waals surface area (Å²) in [6.45, 7) is 7.69. The number of hydrogen-bond acceptors (Lipinski definition) is 3. The van der Waals surface area contributed by atoms with Crippen LogP contribution in [0, 0.1) is 5.82 Å². The first-order valence-electron chi connectivity index (χ1n) is 6.54. The van der Waals surface area contributed by atoms with Crippen LogP contribution in [0.25, 0.3) is 0 Å². The Labute approximate surface area is 118 Å². The molecular weight excluding hydrogens is 260 g/mol. The van der Waals surface area contributed by atoms with Gasteiger partial charge in [0.2, 0.25) is 0 Å². The molecule has 1 saturated heterocycles. The molecule has 0 bridgehead atoms. The molecule has 0 aliphatic carbocycles. The van der Waals surface area contributed by atoms with Crippen LogP contribution in [0.5, 0.6) is 0 Å². The topological polar surface area (TPSA) is 47.6 Å². The third-order valence-corrected chi connectivity index (χ3v) is 3.93. The van der Waals surface area contributed by atoms with E-state index in [-0.39, 0.29) is 11.5 Å². The molecule has 1 aliphatic rings.